The van der Waals surface area contributed by atoms with Crippen molar-refractivity contribution in [3.63, 3.8) is 0 Å². The Hall–Kier alpha value is -1.96. The lowest BCUT2D eigenvalue weighted by Gasteiger charge is -2.32. The molecule has 7 nitrogen and oxygen atoms in total. The van der Waals surface area contributed by atoms with Gasteiger partial charge in [-0.2, -0.15) is 0 Å². The molecule has 1 aromatic rings. The van der Waals surface area contributed by atoms with Gasteiger partial charge in [-0.05, 0) is 30.9 Å². The molecule has 0 bridgehead atoms. The van der Waals surface area contributed by atoms with E-state index < -0.39 is 10.0 Å². The molecule has 140 valence electrons. The number of hydrogen-bond acceptors (Lipinski definition) is 5. The summed E-state index contributed by atoms with van der Waals surface area (Å²) >= 11 is 0. The highest BCUT2D eigenvalue weighted by Crippen LogP contribution is 2.32. The van der Waals surface area contributed by atoms with E-state index in [1.54, 1.807) is 23.1 Å². The predicted octanol–water partition coefficient (Wildman–Crippen LogP) is 1.73. The van der Waals surface area contributed by atoms with Crippen molar-refractivity contribution in [2.45, 2.75) is 19.8 Å². The maximum absolute atomic E-state index is 12.6. The summed E-state index contributed by atoms with van der Waals surface area (Å²) < 4.78 is 36.0. The number of piperidine rings is 1. The number of carbonyl (C=O) groups excluding carboxylic acids is 1. The Labute approximate surface area is 149 Å². The monoisotopic (exact) mass is 370 g/mol. The molecule has 0 radical (unpaired) electrons. The highest BCUT2D eigenvalue weighted by atomic mass is 32.2. The minimum Gasteiger partial charge on any atom is -0.493 e. The topological polar surface area (TPSA) is 76.2 Å². The van der Waals surface area contributed by atoms with Crippen LogP contribution in [-0.4, -0.2) is 59.3 Å². The number of nitrogens with zero attached hydrogens (tertiary/aromatic N) is 2. The van der Waals surface area contributed by atoms with E-state index in [4.69, 9.17) is 9.47 Å². The number of ether oxygens (including phenoxy) is 2. The second-order valence-corrected chi connectivity index (χ2v) is 8.28. The summed E-state index contributed by atoms with van der Waals surface area (Å²) in [6, 6.07) is 4.79. The number of benzene rings is 1. The number of carbonyl (C=O) groups is 1. The Morgan fingerprint density at radius 1 is 1.20 bits per heavy atom. The van der Waals surface area contributed by atoms with Crippen molar-refractivity contribution < 1.29 is 22.7 Å². The zero-order valence-corrected chi connectivity index (χ0v) is 16.0. The number of methoxy groups -OCH3 is 2. The van der Waals surface area contributed by atoms with Crippen molar-refractivity contribution >= 4 is 21.6 Å². The first kappa shape index (κ1) is 19.4. The molecule has 0 N–H and O–H groups in total. The average Bonchev–Trinajstić information content (AvgIpc) is 2.58. The Bertz CT molecular complexity index is 712. The molecule has 0 aromatic heterocycles. The van der Waals surface area contributed by atoms with Crippen LogP contribution in [0.4, 0.5) is 5.69 Å². The third-order valence-corrected chi connectivity index (χ3v) is 5.61. The highest BCUT2D eigenvalue weighted by molar-refractivity contribution is 7.92. The molecular formula is C17H26N2O5S. The van der Waals surface area contributed by atoms with E-state index in [1.165, 1.54) is 14.2 Å². The van der Waals surface area contributed by atoms with Crippen molar-refractivity contribution in [1.29, 1.82) is 0 Å². The van der Waals surface area contributed by atoms with E-state index in [0.717, 1.165) is 23.4 Å². The fraction of sp³-hybridized carbons (Fsp3) is 0.588. The van der Waals surface area contributed by atoms with Crippen LogP contribution in [0.5, 0.6) is 11.5 Å². The molecule has 1 aliphatic heterocycles. The summed E-state index contributed by atoms with van der Waals surface area (Å²) in [7, 11) is -0.632. The zero-order chi connectivity index (χ0) is 18.6. The van der Waals surface area contributed by atoms with Crippen LogP contribution in [0.1, 0.15) is 19.8 Å². The molecule has 1 heterocycles. The van der Waals surface area contributed by atoms with Gasteiger partial charge in [0.2, 0.25) is 15.9 Å². The van der Waals surface area contributed by atoms with Gasteiger partial charge in [0.15, 0.2) is 11.5 Å². The number of sulfonamides is 1. The van der Waals surface area contributed by atoms with Crippen LogP contribution in [0.2, 0.25) is 0 Å². The third-order valence-electron chi connectivity index (χ3n) is 4.47. The maximum Gasteiger partial charge on any atom is 0.243 e. The summed E-state index contributed by atoms with van der Waals surface area (Å²) in [6.07, 6.45) is 2.98. The van der Waals surface area contributed by atoms with Gasteiger partial charge in [0.05, 0.1) is 26.2 Å². The number of anilines is 1. The van der Waals surface area contributed by atoms with Crippen LogP contribution >= 0.6 is 0 Å². The first-order chi connectivity index (χ1) is 11.8. The lowest BCUT2D eigenvalue weighted by atomic mass is 9.99. The molecule has 0 atom stereocenters. The number of likely N-dealkylation sites (tertiary alicyclic amines) is 1. The van der Waals surface area contributed by atoms with Crippen LogP contribution in [0.3, 0.4) is 0 Å². The fourth-order valence-corrected chi connectivity index (χ4v) is 3.70. The predicted molar refractivity (Wildman–Crippen MR) is 96.7 cm³/mol. The lowest BCUT2D eigenvalue weighted by molar-refractivity contribution is -0.130. The second kappa shape index (κ2) is 7.95. The SMILES string of the molecule is COc1ccc(N(CC(=O)N2CCC(C)CC2)S(C)(=O)=O)cc1OC. The molecule has 0 spiro atoms. The molecule has 1 aromatic carbocycles. The highest BCUT2D eigenvalue weighted by Gasteiger charge is 2.26. The van der Waals surface area contributed by atoms with E-state index in [0.29, 0.717) is 36.2 Å². The Balaban J connectivity index is 2.24. The molecule has 1 aliphatic rings. The molecule has 1 amide bonds. The molecule has 0 unspecified atom stereocenters. The van der Waals surface area contributed by atoms with Crippen molar-refractivity contribution in [2.24, 2.45) is 5.92 Å². The van der Waals surface area contributed by atoms with E-state index in [2.05, 4.69) is 6.92 Å². The molecule has 25 heavy (non-hydrogen) atoms. The van der Waals surface area contributed by atoms with Gasteiger partial charge in [-0.15, -0.1) is 0 Å². The van der Waals surface area contributed by atoms with Crippen LogP contribution < -0.4 is 13.8 Å². The standard InChI is InChI=1S/C17H26N2O5S/c1-13-7-9-18(10-8-13)17(20)12-19(25(4,21)22)14-5-6-15(23-2)16(11-14)24-3/h5-6,11,13H,7-10,12H2,1-4H3. The Kier molecular flexibility index (Phi) is 6.16. The fourth-order valence-electron chi connectivity index (χ4n) is 2.86. The molecule has 1 fully saturated rings. The average molecular weight is 370 g/mol. The van der Waals surface area contributed by atoms with Crippen LogP contribution in [0.15, 0.2) is 18.2 Å². The van der Waals surface area contributed by atoms with E-state index in [1.807, 2.05) is 0 Å². The van der Waals surface area contributed by atoms with Gasteiger partial charge >= 0.3 is 0 Å². The van der Waals surface area contributed by atoms with Gasteiger partial charge in [0, 0.05) is 19.2 Å². The molecule has 8 heteroatoms. The van der Waals surface area contributed by atoms with Crippen LogP contribution in [0, 0.1) is 5.92 Å². The number of hydrogen-bond donors (Lipinski definition) is 0. The minimum absolute atomic E-state index is 0.188. The zero-order valence-electron chi connectivity index (χ0n) is 15.2. The van der Waals surface area contributed by atoms with Crippen molar-refractivity contribution in [1.82, 2.24) is 4.90 Å². The van der Waals surface area contributed by atoms with E-state index in [-0.39, 0.29) is 12.5 Å². The van der Waals surface area contributed by atoms with Gasteiger partial charge in [-0.1, -0.05) is 6.92 Å². The van der Waals surface area contributed by atoms with Gasteiger partial charge in [0.1, 0.15) is 6.54 Å². The first-order valence-corrected chi connectivity index (χ1v) is 10.1. The van der Waals surface area contributed by atoms with Crippen LogP contribution in [0.25, 0.3) is 0 Å². The van der Waals surface area contributed by atoms with Gasteiger partial charge < -0.3 is 14.4 Å². The summed E-state index contributed by atoms with van der Waals surface area (Å²) in [5.74, 6) is 1.32. The largest absolute Gasteiger partial charge is 0.493 e. The van der Waals surface area contributed by atoms with Crippen molar-refractivity contribution in [3.05, 3.63) is 18.2 Å². The maximum atomic E-state index is 12.6. The van der Waals surface area contributed by atoms with Gasteiger partial charge in [0.25, 0.3) is 0 Å². The van der Waals surface area contributed by atoms with Crippen molar-refractivity contribution in [3.8, 4) is 11.5 Å². The Morgan fingerprint density at radius 2 is 1.80 bits per heavy atom. The molecular weight excluding hydrogens is 344 g/mol. The summed E-state index contributed by atoms with van der Waals surface area (Å²) in [5, 5.41) is 0. The number of amides is 1. The normalized spacial score (nSPS) is 15.8. The molecule has 0 aliphatic carbocycles. The molecule has 2 rings (SSSR count). The summed E-state index contributed by atoms with van der Waals surface area (Å²) in [5.41, 5.74) is 0.374. The van der Waals surface area contributed by atoms with E-state index in [9.17, 15) is 13.2 Å². The summed E-state index contributed by atoms with van der Waals surface area (Å²) in [6.45, 7) is 3.28. The molecule has 0 saturated carbocycles. The minimum atomic E-state index is -3.62. The second-order valence-electron chi connectivity index (χ2n) is 6.37. The number of rotatable bonds is 6. The van der Waals surface area contributed by atoms with Gasteiger partial charge in [-0.25, -0.2) is 8.42 Å². The third kappa shape index (κ3) is 4.78. The van der Waals surface area contributed by atoms with Crippen LogP contribution in [-0.2, 0) is 14.8 Å². The molecule has 1 saturated heterocycles. The lowest BCUT2D eigenvalue weighted by Crippen LogP contribution is -2.45. The first-order valence-electron chi connectivity index (χ1n) is 8.23. The summed E-state index contributed by atoms with van der Waals surface area (Å²) in [4.78, 5) is 14.3. The van der Waals surface area contributed by atoms with Gasteiger partial charge in [-0.3, -0.25) is 9.10 Å². The smallest absolute Gasteiger partial charge is 0.243 e. The Morgan fingerprint density at radius 3 is 2.32 bits per heavy atom. The quantitative estimate of drug-likeness (QED) is 0.762. The van der Waals surface area contributed by atoms with Crippen molar-refractivity contribution in [2.75, 3.05) is 44.4 Å². The van der Waals surface area contributed by atoms with E-state index >= 15 is 0 Å².